The van der Waals surface area contributed by atoms with Gasteiger partial charge in [-0.2, -0.15) is 0 Å². The summed E-state index contributed by atoms with van der Waals surface area (Å²) in [5, 5.41) is 3.03. The van der Waals surface area contributed by atoms with Crippen LogP contribution in [0.2, 0.25) is 0 Å². The Morgan fingerprint density at radius 1 is 1.20 bits per heavy atom. The lowest BCUT2D eigenvalue weighted by Crippen LogP contribution is -2.19. The van der Waals surface area contributed by atoms with Gasteiger partial charge in [-0.05, 0) is 30.5 Å². The highest BCUT2D eigenvalue weighted by molar-refractivity contribution is 7.98. The Balaban J connectivity index is 1.94. The van der Waals surface area contributed by atoms with E-state index < -0.39 is 18.0 Å². The molecule has 3 rings (SSSR count). The van der Waals surface area contributed by atoms with Crippen LogP contribution >= 0.6 is 11.8 Å². The van der Waals surface area contributed by atoms with E-state index in [-0.39, 0.29) is 11.4 Å². The van der Waals surface area contributed by atoms with E-state index in [1.54, 1.807) is 28.8 Å². The number of alkyl halides is 3. The van der Waals surface area contributed by atoms with E-state index in [9.17, 15) is 18.0 Å². The highest BCUT2D eigenvalue weighted by Crippen LogP contribution is 2.30. The van der Waals surface area contributed by atoms with E-state index in [0.717, 1.165) is 6.07 Å². The molecule has 130 valence electrons. The van der Waals surface area contributed by atoms with Gasteiger partial charge in [0.05, 0.1) is 11.2 Å². The normalized spacial score (nSPS) is 11.5. The van der Waals surface area contributed by atoms with Crippen LogP contribution in [0.3, 0.4) is 0 Å². The van der Waals surface area contributed by atoms with Crippen LogP contribution in [0.5, 0.6) is 5.75 Å². The molecule has 1 amide bonds. The summed E-state index contributed by atoms with van der Waals surface area (Å²) in [6.45, 7) is 0. The number of hydrogen-bond acceptors (Lipinski definition) is 4. The van der Waals surface area contributed by atoms with E-state index in [1.165, 1.54) is 30.0 Å². The van der Waals surface area contributed by atoms with E-state index in [4.69, 9.17) is 0 Å². The van der Waals surface area contributed by atoms with E-state index in [0.29, 0.717) is 10.7 Å². The standard InChI is InChI=1S/C16H12F3N3O2S/c1-25-15-21-13(11-7-4-5-9-22(11)15)14(23)20-10-6-2-3-8-12(10)24-16(17,18)19/h2-9H,1H3,(H,20,23). The Hall–Kier alpha value is -2.68. The SMILES string of the molecule is CSc1nc(C(=O)Nc2ccccc2OC(F)(F)F)c2ccccn12. The fourth-order valence-corrected chi connectivity index (χ4v) is 2.82. The highest BCUT2D eigenvalue weighted by atomic mass is 32.2. The minimum Gasteiger partial charge on any atom is -0.404 e. The summed E-state index contributed by atoms with van der Waals surface area (Å²) in [6.07, 6.45) is -1.28. The fraction of sp³-hybridized carbons (Fsp3) is 0.125. The fourth-order valence-electron chi connectivity index (χ4n) is 2.29. The number of hydrogen-bond donors (Lipinski definition) is 1. The number of imidazole rings is 1. The summed E-state index contributed by atoms with van der Waals surface area (Å²) in [5.41, 5.74) is 0.581. The Morgan fingerprint density at radius 3 is 2.64 bits per heavy atom. The quantitative estimate of drug-likeness (QED) is 0.702. The van der Waals surface area contributed by atoms with Gasteiger partial charge in [0.25, 0.3) is 5.91 Å². The second kappa shape index (κ2) is 6.67. The van der Waals surface area contributed by atoms with E-state index >= 15 is 0 Å². The molecule has 3 aromatic rings. The molecule has 5 nitrogen and oxygen atoms in total. The van der Waals surface area contributed by atoms with Crippen molar-refractivity contribution in [2.75, 3.05) is 11.6 Å². The Bertz CT molecular complexity index is 924. The van der Waals surface area contributed by atoms with Crippen LogP contribution in [0.15, 0.2) is 53.8 Å². The van der Waals surface area contributed by atoms with Gasteiger partial charge >= 0.3 is 6.36 Å². The zero-order valence-corrected chi connectivity index (χ0v) is 13.7. The summed E-state index contributed by atoms with van der Waals surface area (Å²) in [4.78, 5) is 16.8. The maximum Gasteiger partial charge on any atom is 0.573 e. The first-order valence-electron chi connectivity index (χ1n) is 7.06. The number of thioether (sulfide) groups is 1. The zero-order chi connectivity index (χ0) is 18.0. The number of aromatic nitrogens is 2. The van der Waals surface area contributed by atoms with Gasteiger partial charge in [0.2, 0.25) is 0 Å². The number of amides is 1. The minimum atomic E-state index is -4.85. The number of carbonyl (C=O) groups is 1. The zero-order valence-electron chi connectivity index (χ0n) is 12.9. The first-order valence-corrected chi connectivity index (χ1v) is 8.29. The molecule has 0 atom stereocenters. The molecule has 2 heterocycles. The number of rotatable bonds is 4. The maximum atomic E-state index is 12.5. The van der Waals surface area contributed by atoms with Gasteiger partial charge in [-0.25, -0.2) is 4.98 Å². The van der Waals surface area contributed by atoms with Gasteiger partial charge in [-0.1, -0.05) is 30.0 Å². The van der Waals surface area contributed by atoms with Gasteiger partial charge in [-0.15, -0.1) is 13.2 Å². The Kier molecular flexibility index (Phi) is 4.58. The number of pyridine rings is 1. The summed E-state index contributed by atoms with van der Waals surface area (Å²) >= 11 is 1.35. The van der Waals surface area contributed by atoms with E-state index in [1.807, 2.05) is 6.26 Å². The average molecular weight is 367 g/mol. The Labute approximate surface area is 144 Å². The van der Waals surface area contributed by atoms with Gasteiger partial charge in [0, 0.05) is 6.20 Å². The molecule has 0 saturated heterocycles. The van der Waals surface area contributed by atoms with Crippen molar-refractivity contribution >= 4 is 28.9 Å². The molecule has 25 heavy (non-hydrogen) atoms. The van der Waals surface area contributed by atoms with Crippen molar-refractivity contribution in [2.45, 2.75) is 11.5 Å². The van der Waals surface area contributed by atoms with Gasteiger partial charge < -0.3 is 10.1 Å². The minimum absolute atomic E-state index is 0.0902. The van der Waals surface area contributed by atoms with Crippen LogP contribution < -0.4 is 10.1 Å². The van der Waals surface area contributed by atoms with Crippen molar-refractivity contribution in [3.8, 4) is 5.75 Å². The molecular weight excluding hydrogens is 355 g/mol. The average Bonchev–Trinajstić information content (AvgIpc) is 2.94. The summed E-state index contributed by atoms with van der Waals surface area (Å²) < 4.78 is 43.1. The second-order valence-electron chi connectivity index (χ2n) is 4.90. The van der Waals surface area contributed by atoms with Crippen LogP contribution in [-0.4, -0.2) is 27.9 Å². The topological polar surface area (TPSA) is 55.6 Å². The molecule has 0 aliphatic heterocycles. The molecule has 1 N–H and O–H groups in total. The third kappa shape index (κ3) is 3.71. The number of nitrogens with zero attached hydrogens (tertiary/aromatic N) is 2. The third-order valence-corrected chi connectivity index (χ3v) is 3.93. The van der Waals surface area contributed by atoms with Crippen molar-refractivity contribution in [1.29, 1.82) is 0 Å². The summed E-state index contributed by atoms with van der Waals surface area (Å²) in [7, 11) is 0. The molecule has 0 spiro atoms. The molecule has 1 aromatic carbocycles. The van der Waals surface area contributed by atoms with Crippen molar-refractivity contribution < 1.29 is 22.7 Å². The largest absolute Gasteiger partial charge is 0.573 e. The second-order valence-corrected chi connectivity index (χ2v) is 5.67. The van der Waals surface area contributed by atoms with Crippen LogP contribution in [0.4, 0.5) is 18.9 Å². The maximum absolute atomic E-state index is 12.5. The van der Waals surface area contributed by atoms with Crippen molar-refractivity contribution in [1.82, 2.24) is 9.38 Å². The van der Waals surface area contributed by atoms with Crippen LogP contribution in [0.25, 0.3) is 5.52 Å². The third-order valence-electron chi connectivity index (χ3n) is 3.27. The van der Waals surface area contributed by atoms with Crippen LogP contribution in [0.1, 0.15) is 10.5 Å². The van der Waals surface area contributed by atoms with Gasteiger partial charge in [0.15, 0.2) is 16.6 Å². The molecule has 0 radical (unpaired) electrons. The van der Waals surface area contributed by atoms with Crippen molar-refractivity contribution in [3.63, 3.8) is 0 Å². The molecular formula is C16H12F3N3O2S. The molecule has 0 aliphatic rings. The molecule has 0 saturated carbocycles. The van der Waals surface area contributed by atoms with Gasteiger partial charge in [0.1, 0.15) is 0 Å². The lowest BCUT2D eigenvalue weighted by Gasteiger charge is -2.13. The van der Waals surface area contributed by atoms with Crippen LogP contribution in [-0.2, 0) is 0 Å². The lowest BCUT2D eigenvalue weighted by molar-refractivity contribution is -0.274. The Morgan fingerprint density at radius 2 is 1.92 bits per heavy atom. The predicted molar refractivity (Wildman–Crippen MR) is 88.1 cm³/mol. The monoisotopic (exact) mass is 367 g/mol. The van der Waals surface area contributed by atoms with E-state index in [2.05, 4.69) is 15.0 Å². The van der Waals surface area contributed by atoms with Crippen molar-refractivity contribution in [3.05, 3.63) is 54.4 Å². The molecule has 0 aliphatic carbocycles. The molecule has 0 bridgehead atoms. The number of para-hydroxylation sites is 2. The number of halogens is 3. The number of fused-ring (bicyclic) bond motifs is 1. The van der Waals surface area contributed by atoms with Crippen LogP contribution in [0, 0.1) is 0 Å². The van der Waals surface area contributed by atoms with Gasteiger partial charge in [-0.3, -0.25) is 9.20 Å². The first kappa shape index (κ1) is 17.2. The smallest absolute Gasteiger partial charge is 0.404 e. The number of ether oxygens (including phenoxy) is 1. The number of nitrogens with one attached hydrogen (secondary N) is 1. The molecule has 0 fully saturated rings. The van der Waals surface area contributed by atoms with Crippen molar-refractivity contribution in [2.24, 2.45) is 0 Å². The molecule has 2 aromatic heterocycles. The number of anilines is 1. The highest BCUT2D eigenvalue weighted by Gasteiger charge is 2.32. The molecule has 0 unspecified atom stereocenters. The lowest BCUT2D eigenvalue weighted by atomic mass is 10.2. The predicted octanol–water partition coefficient (Wildman–Crippen LogP) is 4.21. The molecule has 9 heteroatoms. The summed E-state index contributed by atoms with van der Waals surface area (Å²) in [6, 6.07) is 10.6. The first-order chi connectivity index (χ1) is 11.9. The number of benzene rings is 1. The summed E-state index contributed by atoms with van der Waals surface area (Å²) in [5.74, 6) is -1.11. The number of carbonyl (C=O) groups excluding carboxylic acids is 1.